The van der Waals surface area contributed by atoms with E-state index in [2.05, 4.69) is 0 Å². The Morgan fingerprint density at radius 2 is 1.88 bits per heavy atom. The van der Waals surface area contributed by atoms with E-state index < -0.39 is 5.91 Å². The highest BCUT2D eigenvalue weighted by molar-refractivity contribution is 5.91. The summed E-state index contributed by atoms with van der Waals surface area (Å²) in [4.78, 5) is 10.8. The Balaban J connectivity index is 2.61. The van der Waals surface area contributed by atoms with Crippen LogP contribution in [0.15, 0.2) is 35.6 Å². The molecule has 1 aromatic carbocycles. The number of amides is 1. The van der Waals surface area contributed by atoms with E-state index in [0.717, 1.165) is 5.56 Å². The van der Waals surface area contributed by atoms with Gasteiger partial charge in [0.25, 0.3) is 0 Å². The Hall–Kier alpha value is -1.97. The average Bonchev–Trinajstić information content (AvgIpc) is 2.26. The van der Waals surface area contributed by atoms with Crippen molar-refractivity contribution < 1.29 is 15.0 Å². The van der Waals surface area contributed by atoms with Crippen LogP contribution in [-0.2, 0) is 11.2 Å². The van der Waals surface area contributed by atoms with Gasteiger partial charge in [0, 0.05) is 6.42 Å². The van der Waals surface area contributed by atoms with Gasteiger partial charge in [-0.3, -0.25) is 4.79 Å². The number of benzene rings is 1. The second-order valence-corrected chi connectivity index (χ2v) is 3.60. The van der Waals surface area contributed by atoms with Gasteiger partial charge in [0.15, 0.2) is 0 Å². The van der Waals surface area contributed by atoms with Crippen molar-refractivity contribution in [3.05, 3.63) is 41.2 Å². The van der Waals surface area contributed by atoms with E-state index in [9.17, 15) is 9.90 Å². The number of phenols is 1. The normalized spacial score (nSPS) is 12.1. The fraction of sp³-hybridized carbons (Fsp3) is 0.250. The second-order valence-electron chi connectivity index (χ2n) is 3.60. The summed E-state index contributed by atoms with van der Waals surface area (Å²) in [6.07, 6.45) is 0.955. The van der Waals surface area contributed by atoms with Gasteiger partial charge in [0.1, 0.15) is 11.5 Å². The van der Waals surface area contributed by atoms with Crippen LogP contribution in [0, 0.1) is 0 Å². The van der Waals surface area contributed by atoms with Crippen LogP contribution in [0.4, 0.5) is 0 Å². The van der Waals surface area contributed by atoms with Crippen molar-refractivity contribution in [3.8, 4) is 5.75 Å². The van der Waals surface area contributed by atoms with E-state index in [1.54, 1.807) is 24.3 Å². The summed E-state index contributed by atoms with van der Waals surface area (Å²) in [5, 5.41) is 18.6. The quantitative estimate of drug-likeness (QED) is 0.534. The van der Waals surface area contributed by atoms with Gasteiger partial charge in [-0.1, -0.05) is 12.1 Å². The molecule has 0 radical (unpaired) electrons. The van der Waals surface area contributed by atoms with Crippen LogP contribution in [0.2, 0.25) is 0 Å². The van der Waals surface area contributed by atoms with Gasteiger partial charge in [0.2, 0.25) is 5.91 Å². The largest absolute Gasteiger partial charge is 0.512 e. The molecule has 1 aromatic rings. The molecular formula is C12H15NO3. The molecule has 0 aliphatic heterocycles. The van der Waals surface area contributed by atoms with Gasteiger partial charge in [0.05, 0.1) is 5.57 Å². The summed E-state index contributed by atoms with van der Waals surface area (Å²) in [6, 6.07) is 6.69. The number of rotatable bonds is 4. The highest BCUT2D eigenvalue weighted by atomic mass is 16.3. The summed E-state index contributed by atoms with van der Waals surface area (Å²) >= 11 is 0. The molecule has 4 N–H and O–H groups in total. The van der Waals surface area contributed by atoms with Gasteiger partial charge >= 0.3 is 0 Å². The monoisotopic (exact) mass is 221 g/mol. The maximum Gasteiger partial charge on any atom is 0.247 e. The molecule has 0 heterocycles. The van der Waals surface area contributed by atoms with Crippen molar-refractivity contribution in [3.63, 3.8) is 0 Å². The number of aliphatic hydroxyl groups is 1. The van der Waals surface area contributed by atoms with Crippen LogP contribution >= 0.6 is 0 Å². The Morgan fingerprint density at radius 3 is 2.38 bits per heavy atom. The van der Waals surface area contributed by atoms with E-state index in [4.69, 9.17) is 10.8 Å². The maximum absolute atomic E-state index is 10.8. The van der Waals surface area contributed by atoms with Gasteiger partial charge in [-0.2, -0.15) is 0 Å². The Bertz CT molecular complexity index is 407. The molecule has 0 atom stereocenters. The van der Waals surface area contributed by atoms with Crippen LogP contribution < -0.4 is 5.73 Å². The number of allylic oxidation sites excluding steroid dienone is 1. The zero-order valence-corrected chi connectivity index (χ0v) is 9.10. The lowest BCUT2D eigenvalue weighted by Gasteiger charge is -2.04. The van der Waals surface area contributed by atoms with Crippen LogP contribution in [-0.4, -0.2) is 16.1 Å². The van der Waals surface area contributed by atoms with Crippen molar-refractivity contribution >= 4 is 5.91 Å². The molecule has 0 aromatic heterocycles. The van der Waals surface area contributed by atoms with Crippen LogP contribution in [0.3, 0.4) is 0 Å². The van der Waals surface area contributed by atoms with Crippen molar-refractivity contribution in [1.82, 2.24) is 0 Å². The second kappa shape index (κ2) is 5.21. The third-order valence-electron chi connectivity index (χ3n) is 2.39. The van der Waals surface area contributed by atoms with Crippen LogP contribution in [0.25, 0.3) is 0 Å². The topological polar surface area (TPSA) is 83.6 Å². The van der Waals surface area contributed by atoms with Crippen LogP contribution in [0.1, 0.15) is 18.9 Å². The zero-order valence-electron chi connectivity index (χ0n) is 9.10. The van der Waals surface area contributed by atoms with E-state index in [0.29, 0.717) is 12.8 Å². The summed E-state index contributed by atoms with van der Waals surface area (Å²) in [5.74, 6) is -0.388. The standard InChI is InChI=1S/C12H15NO3/c1-8(12(13)16)11(15)7-4-9-2-5-10(14)6-3-9/h2-3,5-6,14-15H,4,7H2,1H3,(H2,13,16). The first kappa shape index (κ1) is 12.1. The van der Waals surface area contributed by atoms with E-state index in [1.165, 1.54) is 6.92 Å². The minimum Gasteiger partial charge on any atom is -0.512 e. The minimum absolute atomic E-state index is 0.0144. The van der Waals surface area contributed by atoms with Gasteiger partial charge < -0.3 is 15.9 Å². The lowest BCUT2D eigenvalue weighted by molar-refractivity contribution is -0.114. The third-order valence-corrected chi connectivity index (χ3v) is 2.39. The number of aryl methyl sites for hydroxylation is 1. The van der Waals surface area contributed by atoms with E-state index in [1.807, 2.05) is 0 Å². The van der Waals surface area contributed by atoms with Gasteiger partial charge in [-0.05, 0) is 31.0 Å². The lowest BCUT2D eigenvalue weighted by atomic mass is 10.1. The molecule has 4 nitrogen and oxygen atoms in total. The smallest absolute Gasteiger partial charge is 0.247 e. The number of phenolic OH excluding ortho intramolecular Hbond substituents is 1. The predicted octanol–water partition coefficient (Wildman–Crippen LogP) is 1.64. The molecule has 0 bridgehead atoms. The number of nitrogens with two attached hydrogens (primary N) is 1. The van der Waals surface area contributed by atoms with E-state index >= 15 is 0 Å². The third kappa shape index (κ3) is 3.31. The molecule has 1 rings (SSSR count). The molecule has 0 aliphatic carbocycles. The fourth-order valence-electron chi connectivity index (χ4n) is 1.26. The predicted molar refractivity (Wildman–Crippen MR) is 61.0 cm³/mol. The first-order valence-corrected chi connectivity index (χ1v) is 4.97. The van der Waals surface area contributed by atoms with Crippen molar-refractivity contribution in [1.29, 1.82) is 0 Å². The zero-order chi connectivity index (χ0) is 12.1. The summed E-state index contributed by atoms with van der Waals surface area (Å²) < 4.78 is 0. The molecule has 0 aliphatic rings. The summed E-state index contributed by atoms with van der Waals surface area (Å²) in [7, 11) is 0. The minimum atomic E-state index is -0.608. The van der Waals surface area contributed by atoms with E-state index in [-0.39, 0.29) is 17.1 Å². The number of aliphatic hydroxyl groups excluding tert-OH is 1. The fourth-order valence-corrected chi connectivity index (χ4v) is 1.26. The SMILES string of the molecule is CC(C(N)=O)=C(O)CCc1ccc(O)cc1. The summed E-state index contributed by atoms with van der Waals surface area (Å²) in [6.45, 7) is 1.49. The number of hydrogen-bond acceptors (Lipinski definition) is 3. The first-order chi connectivity index (χ1) is 7.50. The lowest BCUT2D eigenvalue weighted by Crippen LogP contribution is -2.14. The molecule has 0 fully saturated rings. The van der Waals surface area contributed by atoms with Crippen molar-refractivity contribution in [2.75, 3.05) is 0 Å². The molecular weight excluding hydrogens is 206 g/mol. The number of primary amides is 1. The van der Waals surface area contributed by atoms with Crippen molar-refractivity contribution in [2.45, 2.75) is 19.8 Å². The molecule has 1 amide bonds. The summed E-state index contributed by atoms with van der Waals surface area (Å²) in [5.41, 5.74) is 6.20. The Kier molecular flexibility index (Phi) is 3.94. The number of aromatic hydroxyl groups is 1. The average molecular weight is 221 g/mol. The maximum atomic E-state index is 10.8. The van der Waals surface area contributed by atoms with Gasteiger partial charge in [-0.15, -0.1) is 0 Å². The molecule has 16 heavy (non-hydrogen) atoms. The molecule has 0 saturated carbocycles. The molecule has 4 heteroatoms. The molecule has 0 spiro atoms. The molecule has 0 saturated heterocycles. The highest BCUT2D eigenvalue weighted by Gasteiger charge is 2.06. The highest BCUT2D eigenvalue weighted by Crippen LogP contribution is 2.14. The first-order valence-electron chi connectivity index (χ1n) is 4.97. The molecule has 0 unspecified atom stereocenters. The molecule has 86 valence electrons. The number of carbonyl (C=O) groups excluding carboxylic acids is 1. The van der Waals surface area contributed by atoms with Crippen molar-refractivity contribution in [2.24, 2.45) is 5.73 Å². The Morgan fingerprint density at radius 1 is 1.31 bits per heavy atom. The number of hydrogen-bond donors (Lipinski definition) is 3. The number of carbonyl (C=O) groups is 1. The van der Waals surface area contributed by atoms with Crippen LogP contribution in [0.5, 0.6) is 5.75 Å². The van der Waals surface area contributed by atoms with Gasteiger partial charge in [-0.25, -0.2) is 0 Å². The Labute approximate surface area is 94.0 Å².